The third kappa shape index (κ3) is 6.64. The zero-order valence-electron chi connectivity index (χ0n) is 15.8. The van der Waals surface area contributed by atoms with Crippen molar-refractivity contribution in [3.8, 4) is 0 Å². The standard InChI is InChI=1S/C17H28FN5OS.HI/c1-17(2,3)25(24)11-9-21-16(19-4)22-13-7-10-23(12-13)15-14(18)6-5-8-20-15;/h5-6,8,13H,7,9-12H2,1-4H3,(H2,19,21,22);1H. The van der Waals surface area contributed by atoms with Crippen LogP contribution in [0.15, 0.2) is 23.3 Å². The normalized spacial score (nSPS) is 19.0. The quantitative estimate of drug-likeness (QED) is 0.371. The van der Waals surface area contributed by atoms with E-state index >= 15 is 0 Å². The van der Waals surface area contributed by atoms with Gasteiger partial charge in [-0.25, -0.2) is 9.37 Å². The highest BCUT2D eigenvalue weighted by Crippen LogP contribution is 2.20. The van der Waals surface area contributed by atoms with E-state index in [-0.39, 0.29) is 40.6 Å². The number of aliphatic imine (C=N–C) groups is 1. The van der Waals surface area contributed by atoms with Crippen molar-refractivity contribution in [3.05, 3.63) is 24.1 Å². The number of pyridine rings is 1. The summed E-state index contributed by atoms with van der Waals surface area (Å²) in [5, 5.41) is 6.55. The minimum Gasteiger partial charge on any atom is -0.355 e. The predicted molar refractivity (Wildman–Crippen MR) is 117 cm³/mol. The van der Waals surface area contributed by atoms with Gasteiger partial charge < -0.3 is 15.5 Å². The second-order valence-electron chi connectivity index (χ2n) is 7.05. The summed E-state index contributed by atoms with van der Waals surface area (Å²) < 4.78 is 25.7. The first-order chi connectivity index (χ1) is 11.8. The molecule has 0 bridgehead atoms. The molecular weight excluding hydrogens is 468 g/mol. The number of hydrogen-bond donors (Lipinski definition) is 2. The molecule has 2 rings (SSSR count). The average molecular weight is 497 g/mol. The number of guanidine groups is 1. The monoisotopic (exact) mass is 497 g/mol. The molecule has 0 radical (unpaired) electrons. The van der Waals surface area contributed by atoms with Crippen LogP contribution in [-0.2, 0) is 10.8 Å². The lowest BCUT2D eigenvalue weighted by Gasteiger charge is -2.21. The van der Waals surface area contributed by atoms with E-state index in [1.165, 1.54) is 6.07 Å². The summed E-state index contributed by atoms with van der Waals surface area (Å²) in [7, 11) is 0.813. The predicted octanol–water partition coefficient (Wildman–Crippen LogP) is 2.13. The van der Waals surface area contributed by atoms with Crippen LogP contribution in [-0.4, -0.2) is 58.4 Å². The highest BCUT2D eigenvalue weighted by Gasteiger charge is 2.26. The lowest BCUT2D eigenvalue weighted by Crippen LogP contribution is -2.46. The van der Waals surface area contributed by atoms with Crippen molar-refractivity contribution in [1.29, 1.82) is 0 Å². The molecule has 26 heavy (non-hydrogen) atoms. The van der Waals surface area contributed by atoms with E-state index in [1.807, 2.05) is 25.7 Å². The van der Waals surface area contributed by atoms with Gasteiger partial charge in [-0.2, -0.15) is 0 Å². The number of nitrogens with one attached hydrogen (secondary N) is 2. The van der Waals surface area contributed by atoms with Crippen molar-refractivity contribution < 1.29 is 8.60 Å². The molecule has 0 aromatic carbocycles. The van der Waals surface area contributed by atoms with E-state index in [0.29, 0.717) is 30.6 Å². The van der Waals surface area contributed by atoms with Crippen molar-refractivity contribution in [3.63, 3.8) is 0 Å². The minimum atomic E-state index is -0.896. The van der Waals surface area contributed by atoms with Gasteiger partial charge in [-0.15, -0.1) is 24.0 Å². The van der Waals surface area contributed by atoms with Crippen LogP contribution in [0.4, 0.5) is 10.2 Å². The molecule has 6 nitrogen and oxygen atoms in total. The van der Waals surface area contributed by atoms with Crippen molar-refractivity contribution in [2.24, 2.45) is 4.99 Å². The molecular formula is C17H29FIN5OS. The Morgan fingerprint density at radius 3 is 2.85 bits per heavy atom. The Hall–Kier alpha value is -0.970. The molecule has 0 saturated carbocycles. The highest BCUT2D eigenvalue weighted by atomic mass is 127. The van der Waals surface area contributed by atoms with Crippen molar-refractivity contribution in [2.75, 3.05) is 37.3 Å². The number of halogens is 2. The number of rotatable bonds is 5. The van der Waals surface area contributed by atoms with Crippen LogP contribution in [0, 0.1) is 5.82 Å². The number of anilines is 1. The summed E-state index contributed by atoms with van der Waals surface area (Å²) in [6, 6.07) is 3.19. The molecule has 0 amide bonds. The summed E-state index contributed by atoms with van der Waals surface area (Å²) in [5.74, 6) is 1.35. The van der Waals surface area contributed by atoms with Gasteiger partial charge in [0.2, 0.25) is 0 Å². The molecule has 2 unspecified atom stereocenters. The first-order valence-electron chi connectivity index (χ1n) is 8.52. The van der Waals surface area contributed by atoms with Gasteiger partial charge in [0.15, 0.2) is 17.6 Å². The summed E-state index contributed by atoms with van der Waals surface area (Å²) in [5.41, 5.74) is 0. The van der Waals surface area contributed by atoms with Crippen molar-refractivity contribution in [1.82, 2.24) is 15.6 Å². The number of aromatic nitrogens is 1. The van der Waals surface area contributed by atoms with Crippen LogP contribution < -0.4 is 15.5 Å². The fourth-order valence-electron chi connectivity index (χ4n) is 2.64. The van der Waals surface area contributed by atoms with Crippen LogP contribution in [0.5, 0.6) is 0 Å². The fourth-order valence-corrected chi connectivity index (χ4v) is 3.54. The fraction of sp³-hybridized carbons (Fsp3) is 0.647. The SMILES string of the molecule is CN=C(NCCS(=O)C(C)(C)C)NC1CCN(c2ncccc2F)C1.I. The Kier molecular flexibility index (Phi) is 9.22. The van der Waals surface area contributed by atoms with Crippen molar-refractivity contribution >= 4 is 46.6 Å². The Balaban J connectivity index is 0.00000338. The lowest BCUT2D eigenvalue weighted by atomic mass is 10.3. The van der Waals surface area contributed by atoms with E-state index in [2.05, 4.69) is 20.6 Å². The lowest BCUT2D eigenvalue weighted by molar-refractivity contribution is 0.612. The molecule has 2 N–H and O–H groups in total. The minimum absolute atomic E-state index is 0. The molecule has 1 aliphatic heterocycles. The maximum Gasteiger partial charge on any atom is 0.191 e. The molecule has 0 spiro atoms. The van der Waals surface area contributed by atoms with Gasteiger partial charge in [-0.1, -0.05) is 0 Å². The molecule has 9 heteroatoms. The zero-order valence-corrected chi connectivity index (χ0v) is 18.9. The average Bonchev–Trinajstić information content (AvgIpc) is 3.01. The number of nitrogens with zero attached hydrogens (tertiary/aromatic N) is 3. The van der Waals surface area contributed by atoms with E-state index in [0.717, 1.165) is 13.0 Å². The van der Waals surface area contributed by atoms with Crippen LogP contribution in [0.1, 0.15) is 27.2 Å². The topological polar surface area (TPSA) is 69.6 Å². The van der Waals surface area contributed by atoms with Crippen LogP contribution >= 0.6 is 24.0 Å². The molecule has 148 valence electrons. The highest BCUT2D eigenvalue weighted by molar-refractivity contribution is 14.0. The molecule has 2 atom stereocenters. The maximum absolute atomic E-state index is 13.8. The smallest absolute Gasteiger partial charge is 0.191 e. The van der Waals surface area contributed by atoms with E-state index in [1.54, 1.807) is 19.3 Å². The van der Waals surface area contributed by atoms with E-state index in [4.69, 9.17) is 0 Å². The van der Waals surface area contributed by atoms with E-state index < -0.39 is 10.8 Å². The molecule has 1 aromatic heterocycles. The number of hydrogen-bond acceptors (Lipinski definition) is 4. The van der Waals surface area contributed by atoms with Crippen molar-refractivity contribution in [2.45, 2.75) is 38.0 Å². The molecule has 0 aliphatic carbocycles. The summed E-state index contributed by atoms with van der Waals surface area (Å²) in [6.45, 7) is 7.92. The van der Waals surface area contributed by atoms with Crippen LogP contribution in [0.25, 0.3) is 0 Å². The third-order valence-corrected chi connectivity index (χ3v) is 6.00. The van der Waals surface area contributed by atoms with Gasteiger partial charge >= 0.3 is 0 Å². The van der Waals surface area contributed by atoms with Gasteiger partial charge in [-0.05, 0) is 39.3 Å². The van der Waals surface area contributed by atoms with Gasteiger partial charge in [-0.3, -0.25) is 9.20 Å². The second-order valence-corrected chi connectivity index (χ2v) is 9.37. The Morgan fingerprint density at radius 1 is 1.50 bits per heavy atom. The summed E-state index contributed by atoms with van der Waals surface area (Å²) in [6.07, 6.45) is 2.49. The van der Waals surface area contributed by atoms with Gasteiger partial charge in [0.1, 0.15) is 0 Å². The van der Waals surface area contributed by atoms with Gasteiger partial charge in [0.25, 0.3) is 0 Å². The van der Waals surface area contributed by atoms with Crippen LogP contribution in [0.3, 0.4) is 0 Å². The maximum atomic E-state index is 13.8. The van der Waals surface area contributed by atoms with Crippen LogP contribution in [0.2, 0.25) is 0 Å². The molecule has 1 aliphatic rings. The summed E-state index contributed by atoms with van der Waals surface area (Å²) in [4.78, 5) is 10.3. The largest absolute Gasteiger partial charge is 0.355 e. The van der Waals surface area contributed by atoms with Gasteiger partial charge in [0, 0.05) is 60.2 Å². The molecule has 2 heterocycles. The molecule has 1 saturated heterocycles. The van der Waals surface area contributed by atoms with Gasteiger partial charge in [0.05, 0.1) is 0 Å². The Morgan fingerprint density at radius 2 is 2.23 bits per heavy atom. The Bertz CT molecular complexity index is 638. The summed E-state index contributed by atoms with van der Waals surface area (Å²) >= 11 is 0. The molecule has 1 fully saturated rings. The second kappa shape index (κ2) is 10.4. The molecule has 1 aromatic rings. The first kappa shape index (κ1) is 23.1. The Labute approximate surface area is 174 Å². The van der Waals surface area contributed by atoms with E-state index in [9.17, 15) is 8.60 Å². The zero-order chi connectivity index (χ0) is 18.4. The third-order valence-electron chi connectivity index (χ3n) is 4.05. The first-order valence-corrected chi connectivity index (χ1v) is 9.84.